The number of rotatable bonds is 2. The first-order chi connectivity index (χ1) is 5.70. The van der Waals surface area contributed by atoms with Crippen molar-refractivity contribution in [3.05, 3.63) is 18.0 Å². The summed E-state index contributed by atoms with van der Waals surface area (Å²) in [5.74, 6) is 0.565. The molecule has 0 amide bonds. The molecule has 2 atom stereocenters. The van der Waals surface area contributed by atoms with Crippen LogP contribution in [-0.4, -0.2) is 15.8 Å². The van der Waals surface area contributed by atoms with Gasteiger partial charge in [0.1, 0.15) is 0 Å². The van der Waals surface area contributed by atoms with Crippen molar-refractivity contribution in [1.29, 1.82) is 0 Å². The minimum absolute atomic E-state index is 0.374. The molecule has 1 saturated carbocycles. The first kappa shape index (κ1) is 7.80. The highest BCUT2D eigenvalue weighted by Crippen LogP contribution is 2.39. The van der Waals surface area contributed by atoms with Crippen LogP contribution in [0.15, 0.2) is 12.3 Å². The molecule has 2 rings (SSSR count). The monoisotopic (exact) mass is 165 g/mol. The molecule has 2 N–H and O–H groups in total. The summed E-state index contributed by atoms with van der Waals surface area (Å²) < 4.78 is 2.07. The molecule has 3 nitrogen and oxygen atoms in total. The third-order valence-corrected chi connectivity index (χ3v) is 2.41. The zero-order valence-electron chi connectivity index (χ0n) is 7.57. The molecule has 1 aliphatic carbocycles. The lowest BCUT2D eigenvalue weighted by Gasteiger charge is -2.09. The fourth-order valence-electron chi connectivity index (χ4n) is 1.60. The lowest BCUT2D eigenvalue weighted by atomic mass is 10.2. The second-order valence-electron chi connectivity index (χ2n) is 3.80. The molecule has 1 aliphatic rings. The van der Waals surface area contributed by atoms with Gasteiger partial charge in [0.2, 0.25) is 0 Å². The predicted octanol–water partition coefficient (Wildman–Crippen LogP) is 1.28. The highest BCUT2D eigenvalue weighted by atomic mass is 15.3. The summed E-state index contributed by atoms with van der Waals surface area (Å²) in [4.78, 5) is 0. The van der Waals surface area contributed by atoms with E-state index in [9.17, 15) is 0 Å². The Morgan fingerprint density at radius 3 is 2.83 bits per heavy atom. The summed E-state index contributed by atoms with van der Waals surface area (Å²) in [5.41, 5.74) is 7.09. The van der Waals surface area contributed by atoms with Crippen molar-refractivity contribution in [3.63, 3.8) is 0 Å². The first-order valence-corrected chi connectivity index (χ1v) is 4.49. The van der Waals surface area contributed by atoms with E-state index in [-0.39, 0.29) is 0 Å². The first-order valence-electron chi connectivity index (χ1n) is 4.49. The number of nitrogens with zero attached hydrogens (tertiary/aromatic N) is 2. The number of hydrogen-bond donors (Lipinski definition) is 1. The lowest BCUT2D eigenvalue weighted by molar-refractivity contribution is 0.508. The van der Waals surface area contributed by atoms with Gasteiger partial charge in [-0.15, -0.1) is 0 Å². The molecule has 0 unspecified atom stereocenters. The van der Waals surface area contributed by atoms with Gasteiger partial charge in [-0.05, 0) is 26.3 Å². The molecular weight excluding hydrogens is 150 g/mol. The average Bonchev–Trinajstić information content (AvgIpc) is 2.58. The molecule has 0 bridgehead atoms. The molecule has 0 aromatic carbocycles. The summed E-state index contributed by atoms with van der Waals surface area (Å²) in [5, 5.41) is 4.27. The van der Waals surface area contributed by atoms with Gasteiger partial charge in [-0.25, -0.2) is 0 Å². The van der Waals surface area contributed by atoms with Crippen LogP contribution in [0.2, 0.25) is 0 Å². The Labute approximate surface area is 72.6 Å². The van der Waals surface area contributed by atoms with E-state index in [4.69, 9.17) is 5.73 Å². The minimum atomic E-state index is 0.374. The van der Waals surface area contributed by atoms with Gasteiger partial charge in [0.05, 0.1) is 0 Å². The quantitative estimate of drug-likeness (QED) is 0.717. The Bertz CT molecular complexity index is 277. The van der Waals surface area contributed by atoms with E-state index in [1.807, 2.05) is 6.20 Å². The van der Waals surface area contributed by atoms with Crippen LogP contribution in [-0.2, 0) is 0 Å². The summed E-state index contributed by atoms with van der Waals surface area (Å²) >= 11 is 0. The standard InChI is InChI=1S/C9H15N3/c1-6(2)12-9(3-4-11-12)7-5-8(7)10/h3-4,6-8H,5,10H2,1-2H3/t7-,8-/m1/s1. The molecule has 0 saturated heterocycles. The maximum absolute atomic E-state index is 5.79. The molecule has 0 spiro atoms. The summed E-state index contributed by atoms with van der Waals surface area (Å²) in [6, 6.07) is 2.90. The summed E-state index contributed by atoms with van der Waals surface area (Å²) in [6.07, 6.45) is 2.98. The van der Waals surface area contributed by atoms with Crippen LogP contribution in [0.1, 0.15) is 37.9 Å². The smallest absolute Gasteiger partial charge is 0.0492 e. The molecule has 12 heavy (non-hydrogen) atoms. The number of hydrogen-bond acceptors (Lipinski definition) is 2. The van der Waals surface area contributed by atoms with Gasteiger partial charge in [-0.3, -0.25) is 4.68 Å². The second kappa shape index (κ2) is 2.59. The predicted molar refractivity (Wildman–Crippen MR) is 47.9 cm³/mol. The van der Waals surface area contributed by atoms with E-state index in [1.165, 1.54) is 5.69 Å². The fraction of sp³-hybridized carbons (Fsp3) is 0.667. The Hall–Kier alpha value is -0.830. The van der Waals surface area contributed by atoms with Crippen molar-refractivity contribution in [3.8, 4) is 0 Å². The Kier molecular flexibility index (Phi) is 1.68. The molecule has 1 aromatic heterocycles. The van der Waals surface area contributed by atoms with Crippen molar-refractivity contribution in [2.45, 2.75) is 38.3 Å². The highest BCUT2D eigenvalue weighted by Gasteiger charge is 2.37. The Morgan fingerprint density at radius 2 is 2.33 bits per heavy atom. The minimum Gasteiger partial charge on any atom is -0.327 e. The maximum atomic E-state index is 5.79. The zero-order chi connectivity index (χ0) is 8.72. The summed E-state index contributed by atoms with van der Waals surface area (Å²) in [7, 11) is 0. The zero-order valence-corrected chi connectivity index (χ0v) is 7.57. The highest BCUT2D eigenvalue weighted by molar-refractivity contribution is 5.20. The second-order valence-corrected chi connectivity index (χ2v) is 3.80. The molecule has 0 aliphatic heterocycles. The van der Waals surface area contributed by atoms with E-state index in [0.717, 1.165) is 6.42 Å². The van der Waals surface area contributed by atoms with Gasteiger partial charge in [0.25, 0.3) is 0 Å². The van der Waals surface area contributed by atoms with E-state index in [2.05, 4.69) is 29.7 Å². The van der Waals surface area contributed by atoms with Crippen molar-refractivity contribution in [2.24, 2.45) is 5.73 Å². The van der Waals surface area contributed by atoms with Gasteiger partial charge in [0.15, 0.2) is 0 Å². The van der Waals surface area contributed by atoms with Crippen LogP contribution in [0.4, 0.5) is 0 Å². The molecule has 1 heterocycles. The van der Waals surface area contributed by atoms with Gasteiger partial charge in [0, 0.05) is 29.9 Å². The topological polar surface area (TPSA) is 43.8 Å². The molecule has 1 aromatic rings. The Balaban J connectivity index is 2.25. The molecule has 1 fully saturated rings. The maximum Gasteiger partial charge on any atom is 0.0492 e. The van der Waals surface area contributed by atoms with E-state index >= 15 is 0 Å². The van der Waals surface area contributed by atoms with E-state index in [1.54, 1.807) is 0 Å². The number of nitrogens with two attached hydrogens (primary N) is 1. The van der Waals surface area contributed by atoms with Crippen LogP contribution in [0.5, 0.6) is 0 Å². The van der Waals surface area contributed by atoms with E-state index in [0.29, 0.717) is 18.0 Å². The fourth-order valence-corrected chi connectivity index (χ4v) is 1.60. The van der Waals surface area contributed by atoms with Gasteiger partial charge in [-0.1, -0.05) is 0 Å². The van der Waals surface area contributed by atoms with Crippen LogP contribution in [0, 0.1) is 0 Å². The van der Waals surface area contributed by atoms with E-state index < -0.39 is 0 Å². The summed E-state index contributed by atoms with van der Waals surface area (Å²) in [6.45, 7) is 4.29. The molecular formula is C9H15N3. The van der Waals surface area contributed by atoms with Crippen molar-refractivity contribution in [2.75, 3.05) is 0 Å². The van der Waals surface area contributed by atoms with Crippen molar-refractivity contribution < 1.29 is 0 Å². The average molecular weight is 165 g/mol. The molecule has 0 radical (unpaired) electrons. The third-order valence-electron chi connectivity index (χ3n) is 2.41. The lowest BCUT2D eigenvalue weighted by Crippen LogP contribution is -2.09. The normalized spacial score (nSPS) is 28.0. The van der Waals surface area contributed by atoms with Gasteiger partial charge in [-0.2, -0.15) is 5.10 Å². The SMILES string of the molecule is CC(C)n1nccc1[C@@H]1C[C@H]1N. The van der Waals surface area contributed by atoms with Crippen LogP contribution >= 0.6 is 0 Å². The largest absolute Gasteiger partial charge is 0.327 e. The Morgan fingerprint density at radius 1 is 1.67 bits per heavy atom. The van der Waals surface area contributed by atoms with Gasteiger partial charge < -0.3 is 5.73 Å². The van der Waals surface area contributed by atoms with Gasteiger partial charge >= 0.3 is 0 Å². The van der Waals surface area contributed by atoms with Crippen molar-refractivity contribution in [1.82, 2.24) is 9.78 Å². The molecule has 66 valence electrons. The van der Waals surface area contributed by atoms with Crippen LogP contribution in [0.25, 0.3) is 0 Å². The number of aromatic nitrogens is 2. The van der Waals surface area contributed by atoms with Crippen LogP contribution < -0.4 is 5.73 Å². The van der Waals surface area contributed by atoms with Crippen LogP contribution in [0.3, 0.4) is 0 Å². The third kappa shape index (κ3) is 1.14. The molecule has 3 heteroatoms. The van der Waals surface area contributed by atoms with Crippen molar-refractivity contribution >= 4 is 0 Å².